The van der Waals surface area contributed by atoms with Gasteiger partial charge < -0.3 is 15.5 Å². The molecule has 0 radical (unpaired) electrons. The van der Waals surface area contributed by atoms with Gasteiger partial charge in [-0.1, -0.05) is 36.4 Å². The average Bonchev–Trinajstić information content (AvgIpc) is 2.57. The lowest BCUT2D eigenvalue weighted by Crippen LogP contribution is -2.15. The molecule has 0 saturated heterocycles. The standard InChI is InChI=1S/C18H21NO3/c20-12-6-9-15(13-21)16-10-4-5-11-17(16)19-18(22)14-7-2-1-3-8-14/h1-5,7-8,10-11,15,20-21H,6,9,12-13H2,(H,19,22). The van der Waals surface area contributed by atoms with Crippen molar-refractivity contribution in [2.75, 3.05) is 18.5 Å². The lowest BCUT2D eigenvalue weighted by Gasteiger charge is -2.18. The maximum absolute atomic E-state index is 12.3. The zero-order valence-electron chi connectivity index (χ0n) is 12.4. The van der Waals surface area contributed by atoms with E-state index < -0.39 is 0 Å². The fraction of sp³-hybridized carbons (Fsp3) is 0.278. The van der Waals surface area contributed by atoms with Crippen molar-refractivity contribution < 1.29 is 15.0 Å². The summed E-state index contributed by atoms with van der Waals surface area (Å²) in [4.78, 5) is 12.3. The van der Waals surface area contributed by atoms with E-state index in [1.54, 1.807) is 12.1 Å². The molecule has 0 aromatic heterocycles. The molecule has 2 rings (SSSR count). The lowest BCUT2D eigenvalue weighted by atomic mass is 9.93. The van der Waals surface area contributed by atoms with Gasteiger partial charge in [0.15, 0.2) is 0 Å². The van der Waals surface area contributed by atoms with Crippen LogP contribution in [0.3, 0.4) is 0 Å². The molecule has 22 heavy (non-hydrogen) atoms. The van der Waals surface area contributed by atoms with Crippen LogP contribution in [0.5, 0.6) is 0 Å². The van der Waals surface area contributed by atoms with Crippen LogP contribution in [0.2, 0.25) is 0 Å². The van der Waals surface area contributed by atoms with E-state index in [1.807, 2.05) is 42.5 Å². The van der Waals surface area contributed by atoms with E-state index in [9.17, 15) is 9.90 Å². The van der Waals surface area contributed by atoms with Crippen LogP contribution in [-0.4, -0.2) is 29.3 Å². The van der Waals surface area contributed by atoms with Gasteiger partial charge in [0.25, 0.3) is 5.91 Å². The molecule has 1 atom stereocenters. The van der Waals surface area contributed by atoms with Crippen molar-refractivity contribution in [3.05, 3.63) is 65.7 Å². The second-order valence-electron chi connectivity index (χ2n) is 5.15. The van der Waals surface area contributed by atoms with Crippen molar-refractivity contribution in [3.8, 4) is 0 Å². The number of nitrogens with one attached hydrogen (secondary N) is 1. The molecule has 0 aliphatic heterocycles. The van der Waals surface area contributed by atoms with E-state index in [1.165, 1.54) is 0 Å². The number of rotatable bonds is 7. The van der Waals surface area contributed by atoms with Crippen molar-refractivity contribution in [2.45, 2.75) is 18.8 Å². The number of hydrogen-bond donors (Lipinski definition) is 3. The van der Waals surface area contributed by atoms with Gasteiger partial charge in [0.05, 0.1) is 6.61 Å². The summed E-state index contributed by atoms with van der Waals surface area (Å²) in [6.07, 6.45) is 1.29. The average molecular weight is 299 g/mol. The van der Waals surface area contributed by atoms with Gasteiger partial charge in [0.1, 0.15) is 0 Å². The maximum Gasteiger partial charge on any atom is 0.255 e. The van der Waals surface area contributed by atoms with Crippen LogP contribution in [0.1, 0.15) is 34.7 Å². The van der Waals surface area contributed by atoms with Gasteiger partial charge in [-0.05, 0) is 36.6 Å². The molecule has 116 valence electrons. The normalized spacial score (nSPS) is 11.9. The quantitative estimate of drug-likeness (QED) is 0.736. The van der Waals surface area contributed by atoms with Crippen LogP contribution in [0.15, 0.2) is 54.6 Å². The lowest BCUT2D eigenvalue weighted by molar-refractivity contribution is 0.102. The topological polar surface area (TPSA) is 69.6 Å². The van der Waals surface area contributed by atoms with E-state index in [4.69, 9.17) is 5.11 Å². The summed E-state index contributed by atoms with van der Waals surface area (Å²) in [5, 5.41) is 21.5. The molecule has 0 bridgehead atoms. The number of amides is 1. The van der Waals surface area contributed by atoms with Gasteiger partial charge in [-0.25, -0.2) is 0 Å². The fourth-order valence-electron chi connectivity index (χ4n) is 2.43. The summed E-state index contributed by atoms with van der Waals surface area (Å²) in [5.74, 6) is -0.272. The van der Waals surface area contributed by atoms with Crippen molar-refractivity contribution in [3.63, 3.8) is 0 Å². The van der Waals surface area contributed by atoms with Gasteiger partial charge >= 0.3 is 0 Å². The summed E-state index contributed by atoms with van der Waals surface area (Å²) < 4.78 is 0. The number of carbonyl (C=O) groups excluding carboxylic acids is 1. The Balaban J connectivity index is 2.19. The Morgan fingerprint density at radius 2 is 1.68 bits per heavy atom. The van der Waals surface area contributed by atoms with Crippen LogP contribution in [0, 0.1) is 0 Å². The van der Waals surface area contributed by atoms with Gasteiger partial charge in [-0.3, -0.25) is 4.79 Å². The number of aliphatic hydroxyl groups excluding tert-OH is 2. The summed E-state index contributed by atoms with van der Waals surface area (Å²) in [7, 11) is 0. The molecule has 0 saturated carbocycles. The first-order valence-corrected chi connectivity index (χ1v) is 7.43. The number of hydrogen-bond acceptors (Lipinski definition) is 3. The Hall–Kier alpha value is -2.17. The van der Waals surface area contributed by atoms with Crippen LogP contribution in [0.4, 0.5) is 5.69 Å². The predicted molar refractivity (Wildman–Crippen MR) is 87.0 cm³/mol. The molecule has 3 N–H and O–H groups in total. The summed E-state index contributed by atoms with van der Waals surface area (Å²) in [6, 6.07) is 16.5. The molecule has 1 unspecified atom stereocenters. The van der Waals surface area contributed by atoms with E-state index in [-0.39, 0.29) is 25.0 Å². The number of benzene rings is 2. The maximum atomic E-state index is 12.3. The molecule has 0 fully saturated rings. The Morgan fingerprint density at radius 3 is 2.36 bits per heavy atom. The minimum Gasteiger partial charge on any atom is -0.396 e. The van der Waals surface area contributed by atoms with Crippen molar-refractivity contribution in [1.82, 2.24) is 0 Å². The number of aliphatic hydroxyl groups is 2. The number of carbonyl (C=O) groups is 1. The fourth-order valence-corrected chi connectivity index (χ4v) is 2.43. The molecule has 2 aromatic rings. The minimum absolute atomic E-state index is 0.0157. The molecule has 4 heteroatoms. The van der Waals surface area contributed by atoms with E-state index in [0.29, 0.717) is 24.1 Å². The van der Waals surface area contributed by atoms with E-state index in [0.717, 1.165) is 5.56 Å². The smallest absolute Gasteiger partial charge is 0.255 e. The Morgan fingerprint density at radius 1 is 1.00 bits per heavy atom. The molecule has 0 aliphatic carbocycles. The third-order valence-electron chi connectivity index (χ3n) is 3.62. The Kier molecular flexibility index (Phi) is 6.13. The van der Waals surface area contributed by atoms with Crippen molar-refractivity contribution in [2.24, 2.45) is 0 Å². The molecule has 2 aromatic carbocycles. The molecule has 0 heterocycles. The van der Waals surface area contributed by atoms with Crippen LogP contribution >= 0.6 is 0 Å². The van der Waals surface area contributed by atoms with Gasteiger partial charge in [0, 0.05) is 23.8 Å². The van der Waals surface area contributed by atoms with E-state index in [2.05, 4.69) is 5.32 Å². The van der Waals surface area contributed by atoms with Gasteiger partial charge in [-0.2, -0.15) is 0 Å². The molecule has 0 spiro atoms. The van der Waals surface area contributed by atoms with Crippen molar-refractivity contribution >= 4 is 11.6 Å². The first-order valence-electron chi connectivity index (χ1n) is 7.43. The van der Waals surface area contributed by atoms with Crippen molar-refractivity contribution in [1.29, 1.82) is 0 Å². The van der Waals surface area contributed by atoms with Gasteiger partial charge in [0.2, 0.25) is 0 Å². The molecule has 1 amide bonds. The van der Waals surface area contributed by atoms with Crippen LogP contribution < -0.4 is 5.32 Å². The first-order chi connectivity index (χ1) is 10.8. The number of para-hydroxylation sites is 1. The molecular weight excluding hydrogens is 278 g/mol. The van der Waals surface area contributed by atoms with Crippen LogP contribution in [-0.2, 0) is 0 Å². The second kappa shape index (κ2) is 8.32. The second-order valence-corrected chi connectivity index (χ2v) is 5.15. The van der Waals surface area contributed by atoms with E-state index >= 15 is 0 Å². The highest BCUT2D eigenvalue weighted by Crippen LogP contribution is 2.28. The Bertz CT molecular complexity index is 598. The van der Waals surface area contributed by atoms with Crippen LogP contribution in [0.25, 0.3) is 0 Å². The first kappa shape index (κ1) is 16.2. The monoisotopic (exact) mass is 299 g/mol. The molecule has 4 nitrogen and oxygen atoms in total. The highest BCUT2D eigenvalue weighted by atomic mass is 16.3. The number of anilines is 1. The third-order valence-corrected chi connectivity index (χ3v) is 3.62. The zero-order chi connectivity index (χ0) is 15.8. The largest absolute Gasteiger partial charge is 0.396 e. The third kappa shape index (κ3) is 4.16. The summed E-state index contributed by atoms with van der Waals surface area (Å²) in [5.41, 5.74) is 2.18. The minimum atomic E-state index is -0.174. The highest BCUT2D eigenvalue weighted by Gasteiger charge is 2.16. The molecule has 0 aliphatic rings. The Labute approximate surface area is 130 Å². The van der Waals surface area contributed by atoms with Gasteiger partial charge in [-0.15, -0.1) is 0 Å². The summed E-state index contributed by atoms with van der Waals surface area (Å²) in [6.45, 7) is 0.0766. The zero-order valence-corrected chi connectivity index (χ0v) is 12.4. The summed E-state index contributed by atoms with van der Waals surface area (Å²) >= 11 is 0. The predicted octanol–water partition coefficient (Wildman–Crippen LogP) is 2.79. The molecular formula is C18H21NO3. The SMILES string of the molecule is O=C(Nc1ccccc1C(CO)CCCO)c1ccccc1. The highest BCUT2D eigenvalue weighted by molar-refractivity contribution is 6.04.